The molecule has 0 spiro atoms. The van der Waals surface area contributed by atoms with Crippen LogP contribution in [-0.4, -0.2) is 14.9 Å². The first kappa shape index (κ1) is 20.4. The summed E-state index contributed by atoms with van der Waals surface area (Å²) in [5.74, 6) is -0.777. The largest absolute Gasteiger partial charge is 0.388 e. The third-order valence-corrected chi connectivity index (χ3v) is 7.30. The number of nitrogens with zero attached hydrogens (tertiary/aromatic N) is 2. The molecule has 6 heteroatoms. The summed E-state index contributed by atoms with van der Waals surface area (Å²) in [5, 5.41) is 15.8. The molecule has 1 heterocycles. The summed E-state index contributed by atoms with van der Waals surface area (Å²) in [6.45, 7) is 2.20. The summed E-state index contributed by atoms with van der Waals surface area (Å²) in [4.78, 5) is 0. The maximum atomic E-state index is 13.6. The Morgan fingerprint density at radius 3 is 2.71 bits per heavy atom. The van der Waals surface area contributed by atoms with Crippen LogP contribution in [0.25, 0.3) is 11.8 Å². The van der Waals surface area contributed by atoms with E-state index in [9.17, 15) is 13.9 Å². The van der Waals surface area contributed by atoms with Crippen LogP contribution in [0.15, 0.2) is 54.2 Å². The predicted octanol–water partition coefficient (Wildman–Crippen LogP) is 6.28. The quantitative estimate of drug-likeness (QED) is 0.520. The van der Waals surface area contributed by atoms with Crippen LogP contribution in [0.2, 0.25) is 5.02 Å². The van der Waals surface area contributed by atoms with Gasteiger partial charge in [-0.2, -0.15) is 5.10 Å². The second-order valence-corrected chi connectivity index (χ2v) is 9.23. The Hall–Kier alpha value is -2.50. The monoisotopic (exact) mass is 440 g/mol. The van der Waals surface area contributed by atoms with Crippen LogP contribution >= 0.6 is 11.6 Å². The van der Waals surface area contributed by atoms with Gasteiger partial charge in [-0.15, -0.1) is 0 Å². The van der Waals surface area contributed by atoms with Crippen LogP contribution in [-0.2, 0) is 6.42 Å². The van der Waals surface area contributed by atoms with E-state index in [4.69, 9.17) is 11.6 Å². The Balaban J connectivity index is 1.51. The molecular weight excluding hydrogens is 418 g/mol. The van der Waals surface area contributed by atoms with E-state index in [0.29, 0.717) is 5.56 Å². The van der Waals surface area contributed by atoms with Crippen LogP contribution in [0.3, 0.4) is 0 Å². The third kappa shape index (κ3) is 3.40. The van der Waals surface area contributed by atoms with Gasteiger partial charge in [0, 0.05) is 0 Å². The lowest BCUT2D eigenvalue weighted by Gasteiger charge is -2.47. The molecule has 1 fully saturated rings. The summed E-state index contributed by atoms with van der Waals surface area (Å²) in [6.07, 6.45) is 6.88. The van der Waals surface area contributed by atoms with Gasteiger partial charge in [0.1, 0.15) is 11.6 Å². The molecule has 2 aliphatic carbocycles. The van der Waals surface area contributed by atoms with Crippen molar-refractivity contribution in [3.8, 4) is 5.69 Å². The van der Waals surface area contributed by atoms with Gasteiger partial charge < -0.3 is 5.11 Å². The van der Waals surface area contributed by atoms with Crippen molar-refractivity contribution in [3.05, 3.63) is 87.7 Å². The summed E-state index contributed by atoms with van der Waals surface area (Å²) < 4.78 is 28.8. The van der Waals surface area contributed by atoms with E-state index in [1.54, 1.807) is 18.2 Å². The first-order valence-electron chi connectivity index (χ1n) is 10.5. The highest BCUT2D eigenvalue weighted by molar-refractivity contribution is 6.30. The molecule has 0 saturated heterocycles. The van der Waals surface area contributed by atoms with Gasteiger partial charge in [0.15, 0.2) is 0 Å². The van der Waals surface area contributed by atoms with E-state index in [1.165, 1.54) is 29.8 Å². The predicted molar refractivity (Wildman–Crippen MR) is 117 cm³/mol. The molecule has 0 aliphatic heterocycles. The second-order valence-electron chi connectivity index (χ2n) is 8.82. The van der Waals surface area contributed by atoms with Gasteiger partial charge in [0.25, 0.3) is 0 Å². The second kappa shape index (κ2) is 7.57. The number of benzene rings is 2. The van der Waals surface area contributed by atoms with Crippen molar-refractivity contribution in [1.29, 1.82) is 0 Å². The lowest BCUT2D eigenvalue weighted by Crippen LogP contribution is -2.40. The van der Waals surface area contributed by atoms with Crippen molar-refractivity contribution in [1.82, 2.24) is 9.78 Å². The summed E-state index contributed by atoms with van der Waals surface area (Å²) >= 11 is 5.97. The Morgan fingerprint density at radius 1 is 1.19 bits per heavy atom. The maximum Gasteiger partial charge on any atom is 0.141 e. The number of hydrogen-bond donors (Lipinski definition) is 1. The summed E-state index contributed by atoms with van der Waals surface area (Å²) in [6, 6.07) is 10.8. The van der Waals surface area contributed by atoms with Crippen molar-refractivity contribution in [2.45, 2.75) is 38.7 Å². The van der Waals surface area contributed by atoms with E-state index >= 15 is 0 Å². The number of halogens is 3. The van der Waals surface area contributed by atoms with Crippen molar-refractivity contribution >= 4 is 17.7 Å². The first-order chi connectivity index (χ1) is 14.9. The van der Waals surface area contributed by atoms with Gasteiger partial charge >= 0.3 is 0 Å². The van der Waals surface area contributed by atoms with E-state index in [2.05, 4.69) is 18.1 Å². The molecule has 1 N–H and O–H groups in total. The van der Waals surface area contributed by atoms with Crippen LogP contribution in [0.4, 0.5) is 8.78 Å². The fourth-order valence-electron chi connectivity index (χ4n) is 5.30. The zero-order valence-corrected chi connectivity index (χ0v) is 17.9. The minimum Gasteiger partial charge on any atom is -0.388 e. The molecule has 3 atom stereocenters. The molecule has 2 aliphatic rings. The fourth-order valence-corrected chi connectivity index (χ4v) is 5.49. The van der Waals surface area contributed by atoms with Crippen molar-refractivity contribution in [2.24, 2.45) is 11.3 Å². The number of aliphatic hydroxyl groups excluding tert-OH is 1. The maximum absolute atomic E-state index is 13.6. The standard InChI is InChI=1S/C25H23ClF2N2O/c1-25-13-16-14-29-30(19-8-6-18(27)7-9-19)23(16)12-17(25)3-2-4-20(25)24(31)15-5-10-22(28)21(26)11-15/h5-12,14,20,24,31H,2-4,13H2,1H3/t20-,24+,25+/m1/s1. The van der Waals surface area contributed by atoms with Gasteiger partial charge in [0.05, 0.1) is 28.7 Å². The van der Waals surface area contributed by atoms with Crippen molar-refractivity contribution in [3.63, 3.8) is 0 Å². The molecule has 5 rings (SSSR count). The molecular formula is C25H23ClF2N2O. The third-order valence-electron chi connectivity index (χ3n) is 7.01. The molecule has 0 radical (unpaired) electrons. The number of fused-ring (bicyclic) bond motifs is 2. The molecule has 3 nitrogen and oxygen atoms in total. The molecule has 0 unspecified atom stereocenters. The molecule has 31 heavy (non-hydrogen) atoms. The Morgan fingerprint density at radius 2 is 1.97 bits per heavy atom. The smallest absolute Gasteiger partial charge is 0.141 e. The van der Waals surface area contributed by atoms with Gasteiger partial charge in [-0.05, 0) is 90.6 Å². The number of hydrogen-bond acceptors (Lipinski definition) is 2. The number of allylic oxidation sites excluding steroid dienone is 1. The highest BCUT2D eigenvalue weighted by Crippen LogP contribution is 2.54. The van der Waals surface area contributed by atoms with Gasteiger partial charge in [-0.25, -0.2) is 13.5 Å². The molecule has 2 aromatic carbocycles. The van der Waals surface area contributed by atoms with Crippen LogP contribution < -0.4 is 0 Å². The topological polar surface area (TPSA) is 38.0 Å². The van der Waals surface area contributed by atoms with E-state index in [0.717, 1.165) is 42.6 Å². The van der Waals surface area contributed by atoms with Crippen LogP contribution in [0.1, 0.15) is 49.1 Å². The average molecular weight is 441 g/mol. The lowest BCUT2D eigenvalue weighted by atomic mass is 9.57. The van der Waals surface area contributed by atoms with Gasteiger partial charge in [-0.3, -0.25) is 0 Å². The molecule has 1 saturated carbocycles. The summed E-state index contributed by atoms with van der Waals surface area (Å²) in [5.41, 5.74) is 4.63. The molecule has 1 aromatic heterocycles. The number of aromatic nitrogens is 2. The van der Waals surface area contributed by atoms with Gasteiger partial charge in [0.2, 0.25) is 0 Å². The number of rotatable bonds is 3. The average Bonchev–Trinajstić information content (AvgIpc) is 3.15. The van der Waals surface area contributed by atoms with Crippen LogP contribution in [0, 0.1) is 23.0 Å². The van der Waals surface area contributed by atoms with Crippen LogP contribution in [0.5, 0.6) is 0 Å². The lowest BCUT2D eigenvalue weighted by molar-refractivity contribution is 0.0217. The Kier molecular flexibility index (Phi) is 4.98. The minimum absolute atomic E-state index is 0.0173. The Labute approximate surface area is 185 Å². The van der Waals surface area contributed by atoms with Crippen molar-refractivity contribution in [2.75, 3.05) is 0 Å². The van der Waals surface area contributed by atoms with E-state index in [-0.39, 0.29) is 22.2 Å². The molecule has 160 valence electrons. The fraction of sp³-hybridized carbons (Fsp3) is 0.320. The minimum atomic E-state index is -0.736. The zero-order valence-electron chi connectivity index (χ0n) is 17.2. The zero-order chi connectivity index (χ0) is 21.8. The number of aliphatic hydroxyl groups is 1. The normalized spacial score (nSPS) is 23.6. The summed E-state index contributed by atoms with van der Waals surface area (Å²) in [7, 11) is 0. The van der Waals surface area contributed by atoms with E-state index < -0.39 is 11.9 Å². The molecule has 0 bridgehead atoms. The molecule has 0 amide bonds. The Bertz CT molecular complexity index is 1170. The first-order valence-corrected chi connectivity index (χ1v) is 10.9. The van der Waals surface area contributed by atoms with E-state index in [1.807, 2.05) is 10.9 Å². The van der Waals surface area contributed by atoms with Crippen molar-refractivity contribution < 1.29 is 13.9 Å². The highest BCUT2D eigenvalue weighted by Gasteiger charge is 2.46. The van der Waals surface area contributed by atoms with Gasteiger partial charge in [-0.1, -0.05) is 30.2 Å². The highest BCUT2D eigenvalue weighted by atomic mass is 35.5. The molecule has 3 aromatic rings. The SMILES string of the molecule is C[C@]12Cc3cnn(-c4ccc(F)cc4)c3C=C1CCC[C@@H]2[C@@H](O)c1ccc(F)c(Cl)c1.